The second kappa shape index (κ2) is 6.41. The van der Waals surface area contributed by atoms with Gasteiger partial charge in [-0.25, -0.2) is 0 Å². The molecule has 2 rings (SSSR count). The van der Waals surface area contributed by atoms with Crippen molar-refractivity contribution in [3.05, 3.63) is 22.6 Å². The Balaban J connectivity index is 2.29. The van der Waals surface area contributed by atoms with Crippen molar-refractivity contribution in [3.8, 4) is 0 Å². The van der Waals surface area contributed by atoms with Crippen molar-refractivity contribution in [1.82, 2.24) is 10.1 Å². The Morgan fingerprint density at radius 1 is 1.50 bits per heavy atom. The number of halogens is 1. The van der Waals surface area contributed by atoms with Gasteiger partial charge in [-0.3, -0.25) is 9.89 Å². The third kappa shape index (κ3) is 3.22. The summed E-state index contributed by atoms with van der Waals surface area (Å²) in [6, 6.07) is 0.456. The summed E-state index contributed by atoms with van der Waals surface area (Å²) in [5, 5.41) is 4.38. The van der Waals surface area contributed by atoms with Crippen LogP contribution in [0.15, 0.2) is 20.8 Å². The molecule has 6 heteroatoms. The Hall–Kier alpha value is -1.33. The largest absolute Gasteiger partial charge is 0.396 e. The maximum Gasteiger partial charge on any atom is 0.134 e. The summed E-state index contributed by atoms with van der Waals surface area (Å²) in [5.74, 6) is 0. The molecule has 20 heavy (non-hydrogen) atoms. The Morgan fingerprint density at radius 2 is 2.25 bits per heavy atom. The summed E-state index contributed by atoms with van der Waals surface area (Å²) in [6.07, 6.45) is 2.59. The van der Waals surface area contributed by atoms with Crippen molar-refractivity contribution in [2.75, 3.05) is 19.6 Å². The van der Waals surface area contributed by atoms with Crippen LogP contribution in [0.3, 0.4) is 0 Å². The van der Waals surface area contributed by atoms with Crippen LogP contribution in [-0.4, -0.2) is 41.4 Å². The van der Waals surface area contributed by atoms with Crippen LogP contribution in [0.4, 0.5) is 0 Å². The van der Waals surface area contributed by atoms with Crippen molar-refractivity contribution >= 4 is 23.0 Å². The van der Waals surface area contributed by atoms with E-state index in [1.54, 1.807) is 6.26 Å². The zero-order valence-electron chi connectivity index (χ0n) is 12.2. The van der Waals surface area contributed by atoms with E-state index >= 15 is 0 Å². The van der Waals surface area contributed by atoms with Gasteiger partial charge in [0.2, 0.25) is 0 Å². The van der Waals surface area contributed by atoms with Gasteiger partial charge in [0.05, 0.1) is 16.4 Å². The molecular formula is C14H21ClN4O. The van der Waals surface area contributed by atoms with Gasteiger partial charge >= 0.3 is 0 Å². The average molecular weight is 297 g/mol. The minimum atomic E-state index is 0.433. The van der Waals surface area contributed by atoms with Crippen molar-refractivity contribution in [3.63, 3.8) is 0 Å². The maximum absolute atomic E-state index is 6.43. The molecule has 0 atom stereocenters. The molecule has 0 fully saturated rings. The van der Waals surface area contributed by atoms with E-state index in [4.69, 9.17) is 21.9 Å². The highest BCUT2D eigenvalue weighted by molar-refractivity contribution is 6.46. The van der Waals surface area contributed by atoms with Gasteiger partial charge in [-0.05, 0) is 27.2 Å². The third-order valence-corrected chi connectivity index (χ3v) is 3.90. The second-order valence-electron chi connectivity index (χ2n) is 5.32. The molecule has 0 aromatic carbocycles. The first kappa shape index (κ1) is 15.1. The van der Waals surface area contributed by atoms with E-state index in [2.05, 4.69) is 28.9 Å². The predicted octanol–water partition coefficient (Wildman–Crippen LogP) is 2.40. The molecule has 2 heterocycles. The van der Waals surface area contributed by atoms with Gasteiger partial charge in [-0.1, -0.05) is 16.8 Å². The maximum atomic E-state index is 6.43. The van der Waals surface area contributed by atoms with Gasteiger partial charge in [-0.15, -0.1) is 0 Å². The van der Waals surface area contributed by atoms with E-state index in [0.29, 0.717) is 29.0 Å². The van der Waals surface area contributed by atoms with Crippen LogP contribution < -0.4 is 5.73 Å². The first-order valence-electron chi connectivity index (χ1n) is 6.85. The van der Waals surface area contributed by atoms with Crippen molar-refractivity contribution in [1.29, 1.82) is 0 Å². The smallest absolute Gasteiger partial charge is 0.134 e. The molecular weight excluding hydrogens is 276 g/mol. The number of aryl methyl sites for hydroxylation is 1. The molecule has 0 radical (unpaired) electrons. The Labute approximate surface area is 124 Å². The summed E-state index contributed by atoms with van der Waals surface area (Å²) in [5.41, 5.74) is 8.84. The molecule has 1 aromatic heterocycles. The van der Waals surface area contributed by atoms with Crippen LogP contribution in [0.25, 0.3) is 5.70 Å². The lowest BCUT2D eigenvalue weighted by atomic mass is 10.1. The predicted molar refractivity (Wildman–Crippen MR) is 81.8 cm³/mol. The second-order valence-corrected chi connectivity index (χ2v) is 5.70. The number of nitrogens with two attached hydrogens (primary N) is 1. The quantitative estimate of drug-likeness (QED) is 0.930. The monoisotopic (exact) mass is 296 g/mol. The zero-order chi connectivity index (χ0) is 14.7. The van der Waals surface area contributed by atoms with Gasteiger partial charge < -0.3 is 10.3 Å². The normalized spacial score (nSPS) is 18.8. The number of hydrogen-bond acceptors (Lipinski definition) is 5. The SMILES string of the molecule is Cc1conc1/C(N)=C(\Cl)C1=NCCCN(C(C)C)C1. The number of hydrogen-bond donors (Lipinski definition) is 1. The number of nitrogens with zero attached hydrogens (tertiary/aromatic N) is 3. The molecule has 0 aliphatic carbocycles. The molecule has 0 saturated carbocycles. The van der Waals surface area contributed by atoms with Gasteiger partial charge in [0.15, 0.2) is 0 Å². The summed E-state index contributed by atoms with van der Waals surface area (Å²) >= 11 is 6.43. The fourth-order valence-electron chi connectivity index (χ4n) is 2.20. The minimum absolute atomic E-state index is 0.433. The zero-order valence-corrected chi connectivity index (χ0v) is 12.9. The van der Waals surface area contributed by atoms with Crippen molar-refractivity contribution in [2.24, 2.45) is 10.7 Å². The Morgan fingerprint density at radius 3 is 2.85 bits per heavy atom. The third-order valence-electron chi connectivity index (χ3n) is 3.48. The lowest BCUT2D eigenvalue weighted by Gasteiger charge is -2.24. The summed E-state index contributed by atoms with van der Waals surface area (Å²) in [4.78, 5) is 6.91. The Bertz CT molecular complexity index is 533. The highest BCUT2D eigenvalue weighted by Crippen LogP contribution is 2.21. The van der Waals surface area contributed by atoms with Crippen LogP contribution >= 0.6 is 11.6 Å². The van der Waals surface area contributed by atoms with Gasteiger partial charge in [0.25, 0.3) is 0 Å². The number of aliphatic imine (C=N–C) groups is 1. The Kier molecular flexibility index (Phi) is 4.83. The standard InChI is InChI=1S/C14H21ClN4O/c1-9(2)19-6-4-5-17-11(7-19)12(15)13(16)14-10(3)8-20-18-14/h8-9H,4-7,16H2,1-3H3/b13-12+. The molecule has 0 saturated heterocycles. The van der Waals surface area contributed by atoms with Gasteiger partial charge in [0.1, 0.15) is 12.0 Å². The van der Waals surface area contributed by atoms with Gasteiger partial charge in [-0.2, -0.15) is 0 Å². The summed E-state index contributed by atoms with van der Waals surface area (Å²) < 4.78 is 4.91. The number of aromatic nitrogens is 1. The van der Waals surface area contributed by atoms with E-state index < -0.39 is 0 Å². The van der Waals surface area contributed by atoms with Gasteiger partial charge in [0, 0.05) is 31.2 Å². The molecule has 1 aromatic rings. The van der Waals surface area contributed by atoms with E-state index in [-0.39, 0.29) is 0 Å². The lowest BCUT2D eigenvalue weighted by molar-refractivity contribution is 0.257. The average Bonchev–Trinajstić information content (AvgIpc) is 2.70. The van der Waals surface area contributed by atoms with Crippen molar-refractivity contribution in [2.45, 2.75) is 33.2 Å². The molecule has 110 valence electrons. The topological polar surface area (TPSA) is 67.6 Å². The fourth-order valence-corrected chi connectivity index (χ4v) is 2.40. The first-order valence-corrected chi connectivity index (χ1v) is 7.22. The first-order chi connectivity index (χ1) is 9.50. The lowest BCUT2D eigenvalue weighted by Crippen LogP contribution is -2.35. The number of rotatable bonds is 3. The molecule has 0 bridgehead atoms. The molecule has 0 amide bonds. The van der Waals surface area contributed by atoms with E-state index in [9.17, 15) is 0 Å². The van der Waals surface area contributed by atoms with Crippen LogP contribution in [-0.2, 0) is 0 Å². The molecule has 0 unspecified atom stereocenters. The van der Waals surface area contributed by atoms with Crippen LogP contribution in [0.5, 0.6) is 0 Å². The highest BCUT2D eigenvalue weighted by Gasteiger charge is 2.20. The molecule has 5 nitrogen and oxygen atoms in total. The molecule has 2 N–H and O–H groups in total. The van der Waals surface area contributed by atoms with E-state index in [0.717, 1.165) is 30.8 Å². The van der Waals surface area contributed by atoms with E-state index in [1.165, 1.54) is 0 Å². The molecule has 0 spiro atoms. The van der Waals surface area contributed by atoms with Crippen LogP contribution in [0, 0.1) is 6.92 Å². The molecule has 1 aliphatic heterocycles. The van der Waals surface area contributed by atoms with Crippen LogP contribution in [0.2, 0.25) is 0 Å². The minimum Gasteiger partial charge on any atom is -0.396 e. The summed E-state index contributed by atoms with van der Waals surface area (Å²) in [7, 11) is 0. The highest BCUT2D eigenvalue weighted by atomic mass is 35.5. The molecule has 1 aliphatic rings. The summed E-state index contributed by atoms with van der Waals surface area (Å²) in [6.45, 7) is 8.75. The van der Waals surface area contributed by atoms with E-state index in [1.807, 2.05) is 6.92 Å². The fraction of sp³-hybridized carbons (Fsp3) is 0.571. The van der Waals surface area contributed by atoms with Crippen molar-refractivity contribution < 1.29 is 4.52 Å². The van der Waals surface area contributed by atoms with Crippen LogP contribution in [0.1, 0.15) is 31.5 Å².